The fraction of sp³-hybridized carbons (Fsp3) is 0.875. The zero-order chi connectivity index (χ0) is 15.1. The number of ether oxygens (including phenoxy) is 1. The number of allylic oxidation sites excluding steroid dienone is 1. The van der Waals surface area contributed by atoms with Crippen LogP contribution in [0.5, 0.6) is 0 Å². The Morgan fingerprint density at radius 1 is 1.10 bits per heavy atom. The van der Waals surface area contributed by atoms with E-state index in [1.807, 2.05) is 0 Å². The van der Waals surface area contributed by atoms with Crippen LogP contribution in [-0.2, 0) is 14.0 Å². The van der Waals surface area contributed by atoms with Gasteiger partial charge < -0.3 is 14.0 Å². The molecule has 21 heavy (non-hydrogen) atoms. The van der Waals surface area contributed by atoms with E-state index in [2.05, 4.69) is 38.7 Å². The van der Waals surface area contributed by atoms with E-state index in [9.17, 15) is 0 Å². The Morgan fingerprint density at radius 2 is 1.71 bits per heavy atom. The summed E-state index contributed by atoms with van der Waals surface area (Å²) < 4.78 is 17.8. The van der Waals surface area contributed by atoms with E-state index in [1.165, 1.54) is 11.9 Å². The van der Waals surface area contributed by atoms with Gasteiger partial charge in [0.25, 0.3) is 0 Å². The van der Waals surface area contributed by atoms with Gasteiger partial charge in [-0.15, -0.1) is 0 Å². The van der Waals surface area contributed by atoms with Crippen LogP contribution in [0.3, 0.4) is 0 Å². The minimum absolute atomic E-state index is 0.152. The van der Waals surface area contributed by atoms with Crippen LogP contribution >= 0.6 is 0 Å². The van der Waals surface area contributed by atoms with E-state index < -0.39 is 0 Å². The second kappa shape index (κ2) is 5.69. The average Bonchev–Trinajstić information content (AvgIpc) is 2.69. The summed E-state index contributed by atoms with van der Waals surface area (Å²) in [4.78, 5) is 2.57. The summed E-state index contributed by atoms with van der Waals surface area (Å²) in [5.41, 5.74) is 0.859. The fourth-order valence-corrected chi connectivity index (χ4v) is 3.32. The summed E-state index contributed by atoms with van der Waals surface area (Å²) >= 11 is 0. The van der Waals surface area contributed by atoms with Crippen molar-refractivity contribution in [3.8, 4) is 0 Å². The molecule has 1 atom stereocenters. The topological polar surface area (TPSA) is 30.9 Å². The largest absolute Gasteiger partial charge is 0.490 e. The predicted molar refractivity (Wildman–Crippen MR) is 84.2 cm³/mol. The van der Waals surface area contributed by atoms with Crippen molar-refractivity contribution in [3.05, 3.63) is 11.5 Å². The summed E-state index contributed by atoms with van der Waals surface area (Å²) in [5, 5.41) is 0. The van der Waals surface area contributed by atoms with Gasteiger partial charge >= 0.3 is 7.12 Å². The summed E-state index contributed by atoms with van der Waals surface area (Å²) in [6, 6.07) is 0.667. The molecule has 118 valence electrons. The summed E-state index contributed by atoms with van der Waals surface area (Å²) in [7, 11) is -0.152. The lowest BCUT2D eigenvalue weighted by molar-refractivity contribution is 0.00578. The molecule has 0 aromatic rings. The van der Waals surface area contributed by atoms with Crippen molar-refractivity contribution in [3.63, 3.8) is 0 Å². The Labute approximate surface area is 128 Å². The molecule has 1 aliphatic carbocycles. The minimum atomic E-state index is -0.237. The third kappa shape index (κ3) is 3.07. The molecule has 5 heteroatoms. The van der Waals surface area contributed by atoms with E-state index in [0.29, 0.717) is 6.04 Å². The number of rotatable bonds is 2. The molecule has 0 bridgehead atoms. The van der Waals surface area contributed by atoms with E-state index in [-0.39, 0.29) is 18.3 Å². The quantitative estimate of drug-likeness (QED) is 0.732. The van der Waals surface area contributed by atoms with Gasteiger partial charge in [0.2, 0.25) is 0 Å². The highest BCUT2D eigenvalue weighted by Gasteiger charge is 2.52. The Hall–Kier alpha value is -0.355. The molecular weight excluding hydrogens is 265 g/mol. The first kappa shape index (κ1) is 15.5. The van der Waals surface area contributed by atoms with E-state index in [4.69, 9.17) is 14.0 Å². The average molecular weight is 293 g/mol. The minimum Gasteiger partial charge on any atom is -0.400 e. The first-order chi connectivity index (χ1) is 9.89. The maximum atomic E-state index is 6.16. The van der Waals surface area contributed by atoms with Gasteiger partial charge in [-0.05, 0) is 52.4 Å². The molecule has 0 unspecified atom stereocenters. The molecule has 0 amide bonds. The molecule has 0 spiro atoms. The molecular formula is C16H28BNO3. The lowest BCUT2D eigenvalue weighted by Gasteiger charge is -2.36. The van der Waals surface area contributed by atoms with Crippen LogP contribution in [0.4, 0.5) is 0 Å². The zero-order valence-electron chi connectivity index (χ0n) is 13.9. The van der Waals surface area contributed by atoms with Crippen molar-refractivity contribution in [2.75, 3.05) is 26.3 Å². The third-order valence-electron chi connectivity index (χ3n) is 5.54. The van der Waals surface area contributed by atoms with E-state index in [1.54, 1.807) is 0 Å². The van der Waals surface area contributed by atoms with E-state index in [0.717, 1.165) is 39.1 Å². The first-order valence-electron chi connectivity index (χ1n) is 8.25. The lowest BCUT2D eigenvalue weighted by Crippen LogP contribution is -2.44. The smallest absolute Gasteiger partial charge is 0.400 e. The van der Waals surface area contributed by atoms with Gasteiger partial charge in [0, 0.05) is 19.1 Å². The van der Waals surface area contributed by atoms with Crippen LogP contribution in [0.2, 0.25) is 0 Å². The van der Waals surface area contributed by atoms with Crippen LogP contribution in [0, 0.1) is 0 Å². The van der Waals surface area contributed by atoms with Crippen molar-refractivity contribution >= 4 is 7.12 Å². The number of hydrogen-bond donors (Lipinski definition) is 0. The molecule has 2 heterocycles. The highest BCUT2D eigenvalue weighted by Crippen LogP contribution is 2.40. The lowest BCUT2D eigenvalue weighted by atomic mass is 9.71. The van der Waals surface area contributed by atoms with Crippen LogP contribution in [0.25, 0.3) is 0 Å². The summed E-state index contributed by atoms with van der Waals surface area (Å²) in [6.45, 7) is 12.4. The first-order valence-corrected chi connectivity index (χ1v) is 8.25. The molecule has 0 saturated carbocycles. The van der Waals surface area contributed by atoms with Gasteiger partial charge in [0.05, 0.1) is 24.4 Å². The maximum Gasteiger partial charge on any atom is 0.490 e. The molecule has 2 fully saturated rings. The highest BCUT2D eigenvalue weighted by atomic mass is 16.7. The number of hydrogen-bond acceptors (Lipinski definition) is 4. The van der Waals surface area contributed by atoms with Gasteiger partial charge in [-0.2, -0.15) is 0 Å². The van der Waals surface area contributed by atoms with Gasteiger partial charge in [-0.25, -0.2) is 0 Å². The highest BCUT2D eigenvalue weighted by molar-refractivity contribution is 6.54. The number of morpholine rings is 1. The molecule has 0 aromatic carbocycles. The van der Waals surface area contributed by atoms with Gasteiger partial charge in [0.1, 0.15) is 0 Å². The Bertz CT molecular complexity index is 400. The summed E-state index contributed by atoms with van der Waals surface area (Å²) in [6.07, 6.45) is 5.75. The molecule has 2 saturated heterocycles. The van der Waals surface area contributed by atoms with Gasteiger partial charge in [-0.1, -0.05) is 6.08 Å². The molecule has 4 nitrogen and oxygen atoms in total. The fourth-order valence-electron chi connectivity index (χ4n) is 3.32. The van der Waals surface area contributed by atoms with Crippen LogP contribution in [0.1, 0.15) is 47.0 Å². The maximum absolute atomic E-state index is 6.16. The van der Waals surface area contributed by atoms with Crippen molar-refractivity contribution in [2.24, 2.45) is 0 Å². The standard InChI is InChI=1S/C16H28BNO3/c1-15(2)16(3,4)21-17(20-15)13-5-7-14(8-6-13)18-9-11-19-12-10-18/h5,14H,6-12H2,1-4H3/t14-/m0/s1. The van der Waals surface area contributed by atoms with Crippen molar-refractivity contribution in [2.45, 2.75) is 64.2 Å². The second-order valence-corrected chi connectivity index (χ2v) is 7.44. The van der Waals surface area contributed by atoms with Crippen LogP contribution in [0.15, 0.2) is 11.5 Å². The molecule has 3 rings (SSSR count). The molecule has 0 radical (unpaired) electrons. The van der Waals surface area contributed by atoms with Gasteiger partial charge in [0.15, 0.2) is 0 Å². The van der Waals surface area contributed by atoms with E-state index >= 15 is 0 Å². The Kier molecular flexibility index (Phi) is 4.21. The zero-order valence-corrected chi connectivity index (χ0v) is 13.9. The monoisotopic (exact) mass is 293 g/mol. The van der Waals surface area contributed by atoms with Crippen LogP contribution in [-0.4, -0.2) is 55.6 Å². The third-order valence-corrected chi connectivity index (χ3v) is 5.54. The van der Waals surface area contributed by atoms with Crippen molar-refractivity contribution in [1.82, 2.24) is 4.90 Å². The number of nitrogens with zero attached hydrogens (tertiary/aromatic N) is 1. The molecule has 3 aliphatic rings. The SMILES string of the molecule is CC1(C)OB(C2=CC[C@H](N3CCOCC3)CC2)OC1(C)C. The molecule has 2 aliphatic heterocycles. The van der Waals surface area contributed by atoms with Crippen LogP contribution < -0.4 is 0 Å². The molecule has 0 aromatic heterocycles. The predicted octanol–water partition coefficient (Wildman–Crippen LogP) is 2.43. The van der Waals surface area contributed by atoms with Crippen molar-refractivity contribution in [1.29, 1.82) is 0 Å². The second-order valence-electron chi connectivity index (χ2n) is 7.44. The summed E-state index contributed by atoms with van der Waals surface area (Å²) in [5.74, 6) is 0. The van der Waals surface area contributed by atoms with Crippen molar-refractivity contribution < 1.29 is 14.0 Å². The van der Waals surface area contributed by atoms with Gasteiger partial charge in [-0.3, -0.25) is 4.90 Å². The Balaban J connectivity index is 1.60. The Morgan fingerprint density at radius 3 is 2.24 bits per heavy atom. The normalized spacial score (nSPS) is 33.0. The molecule has 0 N–H and O–H groups in total.